The van der Waals surface area contributed by atoms with Gasteiger partial charge in [-0.3, -0.25) is 0 Å². The molecule has 4 heteroatoms. The van der Waals surface area contributed by atoms with Gasteiger partial charge >= 0.3 is 0 Å². The molecular formula is C20H36O4. The molecule has 0 aromatic carbocycles. The quantitative estimate of drug-likeness (QED) is 0.739. The molecule has 2 saturated carbocycles. The zero-order valence-corrected chi connectivity index (χ0v) is 15.8. The van der Waals surface area contributed by atoms with Crippen LogP contribution in [0, 0.1) is 22.7 Å². The Morgan fingerprint density at radius 2 is 1.58 bits per heavy atom. The van der Waals surface area contributed by atoms with Gasteiger partial charge in [-0.25, -0.2) is 0 Å². The van der Waals surface area contributed by atoms with Crippen LogP contribution in [0.25, 0.3) is 0 Å². The Morgan fingerprint density at radius 3 is 2.21 bits per heavy atom. The van der Waals surface area contributed by atoms with Crippen LogP contribution in [0.3, 0.4) is 0 Å². The van der Waals surface area contributed by atoms with E-state index in [1.807, 2.05) is 0 Å². The Labute approximate surface area is 146 Å². The lowest BCUT2D eigenvalue weighted by Gasteiger charge is -2.66. The standard InChI is InChI=1S/C20H36O4/c1-17(13-22)8-7-16(23)20(4)14(17)6-10-19(3)15(20)5-9-18(2,24-19)11-12-21/h14-16,21-23H,5-13H2,1-4H3/t14-,15-,16+,17-,18+,19+,20-/m0/s1. The van der Waals surface area contributed by atoms with Crippen molar-refractivity contribution in [3.8, 4) is 0 Å². The zero-order valence-electron chi connectivity index (χ0n) is 15.8. The van der Waals surface area contributed by atoms with E-state index in [-0.39, 0.29) is 41.3 Å². The Bertz CT molecular complexity index is 482. The van der Waals surface area contributed by atoms with Crippen molar-refractivity contribution in [3.05, 3.63) is 0 Å². The fraction of sp³-hybridized carbons (Fsp3) is 1.00. The van der Waals surface area contributed by atoms with Crippen LogP contribution < -0.4 is 0 Å². The highest BCUT2D eigenvalue weighted by molar-refractivity contribution is 5.13. The first-order chi connectivity index (χ1) is 11.1. The predicted octanol–water partition coefficient (Wildman–Crippen LogP) is 2.88. The topological polar surface area (TPSA) is 69.9 Å². The number of aliphatic hydroxyl groups is 3. The van der Waals surface area contributed by atoms with Gasteiger partial charge in [-0.15, -0.1) is 0 Å². The van der Waals surface area contributed by atoms with Crippen LogP contribution in [-0.2, 0) is 4.74 Å². The number of rotatable bonds is 3. The maximum atomic E-state index is 11.0. The number of ether oxygens (including phenoxy) is 1. The Hall–Kier alpha value is -0.160. The average molecular weight is 341 g/mol. The van der Waals surface area contributed by atoms with E-state index in [9.17, 15) is 15.3 Å². The van der Waals surface area contributed by atoms with E-state index < -0.39 is 0 Å². The predicted molar refractivity (Wildman–Crippen MR) is 93.6 cm³/mol. The molecule has 4 nitrogen and oxygen atoms in total. The van der Waals surface area contributed by atoms with Crippen LogP contribution in [0.2, 0.25) is 0 Å². The van der Waals surface area contributed by atoms with Crippen molar-refractivity contribution >= 4 is 0 Å². The first-order valence-electron chi connectivity index (χ1n) is 9.73. The van der Waals surface area contributed by atoms with Crippen molar-refractivity contribution < 1.29 is 20.1 Å². The van der Waals surface area contributed by atoms with Gasteiger partial charge < -0.3 is 20.1 Å². The van der Waals surface area contributed by atoms with Gasteiger partial charge in [0.25, 0.3) is 0 Å². The SMILES string of the molecule is C[C@]1(CCO)CC[C@@H]2[C@@]3(C)[C@H](O)CC[C@@](C)(CO)[C@@H]3CC[C@@]2(C)O1. The van der Waals surface area contributed by atoms with Crippen LogP contribution in [0.15, 0.2) is 0 Å². The molecule has 7 atom stereocenters. The number of fused-ring (bicyclic) bond motifs is 3. The molecule has 3 fully saturated rings. The van der Waals surface area contributed by atoms with E-state index in [1.165, 1.54) is 0 Å². The second-order valence-corrected chi connectivity index (χ2v) is 9.75. The van der Waals surface area contributed by atoms with E-state index in [4.69, 9.17) is 4.74 Å². The first-order valence-corrected chi connectivity index (χ1v) is 9.73. The summed E-state index contributed by atoms with van der Waals surface area (Å²) in [6, 6.07) is 0. The Kier molecular flexibility index (Phi) is 4.61. The average Bonchev–Trinajstić information content (AvgIpc) is 2.50. The van der Waals surface area contributed by atoms with E-state index in [2.05, 4.69) is 27.7 Å². The highest BCUT2D eigenvalue weighted by Gasteiger charge is 2.65. The van der Waals surface area contributed by atoms with Gasteiger partial charge in [0.1, 0.15) is 0 Å². The summed E-state index contributed by atoms with van der Waals surface area (Å²) in [6.45, 7) is 9.13. The third-order valence-electron chi connectivity index (χ3n) is 8.16. The maximum absolute atomic E-state index is 11.0. The number of hydrogen-bond donors (Lipinski definition) is 3. The molecule has 3 rings (SSSR count). The smallest absolute Gasteiger partial charge is 0.0696 e. The second-order valence-electron chi connectivity index (χ2n) is 9.75. The molecule has 1 aliphatic heterocycles. The maximum Gasteiger partial charge on any atom is 0.0696 e. The molecule has 2 aliphatic carbocycles. The minimum atomic E-state index is -0.322. The molecule has 0 radical (unpaired) electrons. The lowest BCUT2D eigenvalue weighted by atomic mass is 9.43. The Balaban J connectivity index is 1.95. The van der Waals surface area contributed by atoms with Crippen molar-refractivity contribution in [2.45, 2.75) is 89.9 Å². The number of aliphatic hydroxyl groups excluding tert-OH is 3. The van der Waals surface area contributed by atoms with Crippen molar-refractivity contribution in [2.24, 2.45) is 22.7 Å². The molecular weight excluding hydrogens is 304 g/mol. The van der Waals surface area contributed by atoms with Crippen LogP contribution in [0.1, 0.15) is 72.6 Å². The lowest BCUT2D eigenvalue weighted by molar-refractivity contribution is -0.288. The minimum absolute atomic E-state index is 0.0961. The summed E-state index contributed by atoms with van der Waals surface area (Å²) in [6.07, 6.45) is 5.94. The minimum Gasteiger partial charge on any atom is -0.396 e. The summed E-state index contributed by atoms with van der Waals surface area (Å²) in [7, 11) is 0. The van der Waals surface area contributed by atoms with Crippen molar-refractivity contribution in [1.29, 1.82) is 0 Å². The van der Waals surface area contributed by atoms with Crippen LogP contribution in [0.5, 0.6) is 0 Å². The van der Waals surface area contributed by atoms with Crippen molar-refractivity contribution in [1.82, 2.24) is 0 Å². The first kappa shape index (κ1) is 18.6. The summed E-state index contributed by atoms with van der Waals surface area (Å²) in [4.78, 5) is 0. The van der Waals surface area contributed by atoms with Gasteiger partial charge in [0.15, 0.2) is 0 Å². The van der Waals surface area contributed by atoms with Gasteiger partial charge in [0, 0.05) is 18.6 Å². The summed E-state index contributed by atoms with van der Waals surface area (Å²) in [5.41, 5.74) is -0.810. The largest absolute Gasteiger partial charge is 0.396 e. The number of hydrogen-bond acceptors (Lipinski definition) is 4. The summed E-state index contributed by atoms with van der Waals surface area (Å²) in [5, 5.41) is 30.5. The van der Waals surface area contributed by atoms with E-state index in [0.717, 1.165) is 38.5 Å². The lowest BCUT2D eigenvalue weighted by Crippen LogP contribution is -2.67. The van der Waals surface area contributed by atoms with Crippen molar-refractivity contribution in [3.63, 3.8) is 0 Å². The van der Waals surface area contributed by atoms with Gasteiger partial charge in [0.2, 0.25) is 0 Å². The summed E-state index contributed by atoms with van der Waals surface area (Å²) >= 11 is 0. The molecule has 24 heavy (non-hydrogen) atoms. The third-order valence-corrected chi connectivity index (χ3v) is 8.16. The molecule has 0 spiro atoms. The summed E-state index contributed by atoms with van der Waals surface area (Å²) in [5.74, 6) is 0.638. The molecule has 3 aliphatic rings. The normalized spacial score (nSPS) is 54.9. The third kappa shape index (κ3) is 2.56. The monoisotopic (exact) mass is 340 g/mol. The van der Waals surface area contributed by atoms with Gasteiger partial charge in [-0.2, -0.15) is 0 Å². The van der Waals surface area contributed by atoms with E-state index in [0.29, 0.717) is 18.3 Å². The van der Waals surface area contributed by atoms with Crippen LogP contribution >= 0.6 is 0 Å². The Morgan fingerprint density at radius 1 is 0.917 bits per heavy atom. The fourth-order valence-electron chi connectivity index (χ4n) is 6.74. The van der Waals surface area contributed by atoms with Gasteiger partial charge in [-0.05, 0) is 76.0 Å². The second kappa shape index (κ2) is 5.94. The highest BCUT2D eigenvalue weighted by Crippen LogP contribution is 2.65. The molecule has 0 amide bonds. The molecule has 140 valence electrons. The summed E-state index contributed by atoms with van der Waals surface area (Å²) < 4.78 is 6.64. The molecule has 1 saturated heterocycles. The van der Waals surface area contributed by atoms with Gasteiger partial charge in [0.05, 0.1) is 17.3 Å². The van der Waals surface area contributed by atoms with Crippen LogP contribution in [-0.4, -0.2) is 45.8 Å². The molecule has 0 bridgehead atoms. The molecule has 1 heterocycles. The molecule has 3 N–H and O–H groups in total. The van der Waals surface area contributed by atoms with E-state index in [1.54, 1.807) is 0 Å². The van der Waals surface area contributed by atoms with Crippen molar-refractivity contribution in [2.75, 3.05) is 13.2 Å². The van der Waals surface area contributed by atoms with Gasteiger partial charge in [-0.1, -0.05) is 13.8 Å². The molecule has 0 aromatic heterocycles. The molecule has 0 unspecified atom stereocenters. The molecule has 0 aromatic rings. The highest BCUT2D eigenvalue weighted by atomic mass is 16.5. The van der Waals surface area contributed by atoms with E-state index >= 15 is 0 Å². The van der Waals surface area contributed by atoms with Crippen LogP contribution in [0.4, 0.5) is 0 Å². The fourth-order valence-corrected chi connectivity index (χ4v) is 6.74. The zero-order chi connectivity index (χ0) is 17.8.